The Bertz CT molecular complexity index is 704. The van der Waals surface area contributed by atoms with E-state index in [9.17, 15) is 9.59 Å². The highest BCUT2D eigenvalue weighted by molar-refractivity contribution is 6.30. The number of anilines is 1. The Balaban J connectivity index is 1.62. The number of nitrogens with zero attached hydrogens (tertiary/aromatic N) is 2. The van der Waals surface area contributed by atoms with E-state index < -0.39 is 5.92 Å². The van der Waals surface area contributed by atoms with Crippen molar-refractivity contribution in [2.75, 3.05) is 11.4 Å². The average molecular weight is 330 g/mol. The van der Waals surface area contributed by atoms with Crippen LogP contribution in [0.3, 0.4) is 0 Å². The van der Waals surface area contributed by atoms with Crippen LogP contribution in [-0.2, 0) is 16.1 Å². The number of halogens is 1. The van der Waals surface area contributed by atoms with E-state index in [0.29, 0.717) is 24.5 Å². The molecule has 1 saturated heterocycles. The molecule has 0 saturated carbocycles. The molecule has 2 amide bonds. The molecule has 0 unspecified atom stereocenters. The van der Waals surface area contributed by atoms with E-state index in [4.69, 9.17) is 11.6 Å². The summed E-state index contributed by atoms with van der Waals surface area (Å²) < 4.78 is 0. The number of hydrogen-bond acceptors (Lipinski definition) is 3. The van der Waals surface area contributed by atoms with Crippen LogP contribution in [0.5, 0.6) is 0 Å². The van der Waals surface area contributed by atoms with Crippen molar-refractivity contribution >= 4 is 29.1 Å². The first-order valence-electron chi connectivity index (χ1n) is 7.39. The first-order valence-corrected chi connectivity index (χ1v) is 7.76. The van der Waals surface area contributed by atoms with Crippen molar-refractivity contribution in [2.24, 2.45) is 5.92 Å². The molecule has 23 heavy (non-hydrogen) atoms. The van der Waals surface area contributed by atoms with Crippen molar-refractivity contribution in [1.82, 2.24) is 10.3 Å². The third-order valence-corrected chi connectivity index (χ3v) is 4.10. The molecule has 1 aromatic carbocycles. The quantitative estimate of drug-likeness (QED) is 0.876. The van der Waals surface area contributed by atoms with Gasteiger partial charge >= 0.3 is 0 Å². The zero-order valence-electron chi connectivity index (χ0n) is 12.4. The Labute approximate surface area is 139 Å². The van der Waals surface area contributed by atoms with Crippen molar-refractivity contribution in [2.45, 2.75) is 13.0 Å². The summed E-state index contributed by atoms with van der Waals surface area (Å²) in [5.41, 5.74) is 1.67. The lowest BCUT2D eigenvalue weighted by Gasteiger charge is -2.16. The van der Waals surface area contributed by atoms with Crippen molar-refractivity contribution in [3.05, 3.63) is 59.4 Å². The van der Waals surface area contributed by atoms with E-state index >= 15 is 0 Å². The Hall–Kier alpha value is -2.40. The lowest BCUT2D eigenvalue weighted by molar-refractivity contribution is -0.132. The third-order valence-electron chi connectivity index (χ3n) is 3.85. The van der Waals surface area contributed by atoms with Gasteiger partial charge in [-0.25, -0.2) is 0 Å². The summed E-state index contributed by atoms with van der Waals surface area (Å²) in [6.07, 6.45) is 3.88. The Kier molecular flexibility index (Phi) is 4.57. The second-order valence-corrected chi connectivity index (χ2v) is 5.82. The van der Waals surface area contributed by atoms with Crippen LogP contribution < -0.4 is 10.2 Å². The minimum Gasteiger partial charge on any atom is -0.351 e. The minimum atomic E-state index is -0.637. The molecule has 1 aliphatic rings. The fraction of sp³-hybridized carbons (Fsp3) is 0.235. The van der Waals surface area contributed by atoms with Gasteiger partial charge in [-0.05, 0) is 42.3 Å². The van der Waals surface area contributed by atoms with Gasteiger partial charge in [-0.2, -0.15) is 0 Å². The van der Waals surface area contributed by atoms with Crippen LogP contribution in [0.15, 0.2) is 48.8 Å². The SMILES string of the molecule is O=C(NCc1cccnc1)[C@H]1CCN(c2ccc(Cl)cc2)C1=O. The van der Waals surface area contributed by atoms with Crippen molar-refractivity contribution in [3.63, 3.8) is 0 Å². The molecule has 3 rings (SSSR count). The molecule has 118 valence electrons. The normalized spacial score (nSPS) is 17.3. The lowest BCUT2D eigenvalue weighted by atomic mass is 10.1. The van der Waals surface area contributed by atoms with E-state index in [-0.39, 0.29) is 11.8 Å². The summed E-state index contributed by atoms with van der Waals surface area (Å²) >= 11 is 5.86. The Morgan fingerprint density at radius 1 is 1.30 bits per heavy atom. The van der Waals surface area contributed by atoms with Crippen LogP contribution in [-0.4, -0.2) is 23.3 Å². The number of aromatic nitrogens is 1. The van der Waals surface area contributed by atoms with Gasteiger partial charge in [-0.15, -0.1) is 0 Å². The number of benzene rings is 1. The first-order chi connectivity index (χ1) is 11.1. The van der Waals surface area contributed by atoms with Gasteiger partial charge in [0, 0.05) is 36.2 Å². The molecule has 2 aromatic rings. The second kappa shape index (κ2) is 6.79. The standard InChI is InChI=1S/C17H16ClN3O2/c18-13-3-5-14(6-4-13)21-9-7-15(17(21)23)16(22)20-11-12-2-1-8-19-10-12/h1-6,8,10,15H,7,9,11H2,(H,20,22)/t15-/m1/s1. The minimum absolute atomic E-state index is 0.170. The predicted molar refractivity (Wildman–Crippen MR) is 88.0 cm³/mol. The molecule has 0 radical (unpaired) electrons. The molecule has 0 spiro atoms. The maximum atomic E-state index is 12.5. The van der Waals surface area contributed by atoms with E-state index in [0.717, 1.165) is 11.3 Å². The average Bonchev–Trinajstić information content (AvgIpc) is 2.96. The zero-order chi connectivity index (χ0) is 16.2. The monoisotopic (exact) mass is 329 g/mol. The number of nitrogens with one attached hydrogen (secondary N) is 1. The van der Waals surface area contributed by atoms with Gasteiger partial charge < -0.3 is 10.2 Å². The number of carbonyl (C=O) groups excluding carboxylic acids is 2. The lowest BCUT2D eigenvalue weighted by Crippen LogP contribution is -2.36. The molecule has 1 aromatic heterocycles. The maximum Gasteiger partial charge on any atom is 0.239 e. The summed E-state index contributed by atoms with van der Waals surface area (Å²) in [4.78, 5) is 30.3. The van der Waals surface area contributed by atoms with Gasteiger partial charge in [0.15, 0.2) is 0 Å². The van der Waals surface area contributed by atoms with Crippen LogP contribution in [0, 0.1) is 5.92 Å². The van der Waals surface area contributed by atoms with Crippen LogP contribution in [0.4, 0.5) is 5.69 Å². The van der Waals surface area contributed by atoms with Crippen LogP contribution in [0.25, 0.3) is 0 Å². The highest BCUT2D eigenvalue weighted by atomic mass is 35.5. The molecule has 1 N–H and O–H groups in total. The number of rotatable bonds is 4. The number of amides is 2. The summed E-state index contributed by atoms with van der Waals surface area (Å²) in [5.74, 6) is -1.05. The van der Waals surface area contributed by atoms with E-state index in [2.05, 4.69) is 10.3 Å². The van der Waals surface area contributed by atoms with Gasteiger partial charge in [0.05, 0.1) is 0 Å². The molecular formula is C17H16ClN3O2. The van der Waals surface area contributed by atoms with Crippen molar-refractivity contribution < 1.29 is 9.59 Å². The van der Waals surface area contributed by atoms with Gasteiger partial charge in [0.25, 0.3) is 0 Å². The summed E-state index contributed by atoms with van der Waals surface area (Å²) in [5, 5.41) is 3.42. The number of carbonyl (C=O) groups is 2. The van der Waals surface area contributed by atoms with Crippen molar-refractivity contribution in [1.29, 1.82) is 0 Å². The molecule has 1 fully saturated rings. The fourth-order valence-electron chi connectivity index (χ4n) is 2.62. The van der Waals surface area contributed by atoms with Gasteiger partial charge in [0.1, 0.15) is 5.92 Å². The molecule has 2 heterocycles. The van der Waals surface area contributed by atoms with Crippen molar-refractivity contribution in [3.8, 4) is 0 Å². The molecule has 1 aliphatic heterocycles. The van der Waals surface area contributed by atoms with Crippen LogP contribution >= 0.6 is 11.6 Å². The van der Waals surface area contributed by atoms with E-state index in [1.165, 1.54) is 0 Å². The summed E-state index contributed by atoms with van der Waals surface area (Å²) in [6, 6.07) is 10.7. The molecule has 6 heteroatoms. The van der Waals surface area contributed by atoms with Crippen LogP contribution in [0.2, 0.25) is 5.02 Å². The Morgan fingerprint density at radius 3 is 2.78 bits per heavy atom. The maximum absolute atomic E-state index is 12.5. The Morgan fingerprint density at radius 2 is 2.09 bits per heavy atom. The molecule has 0 bridgehead atoms. The summed E-state index contributed by atoms with van der Waals surface area (Å²) in [6.45, 7) is 0.906. The second-order valence-electron chi connectivity index (χ2n) is 5.39. The smallest absolute Gasteiger partial charge is 0.239 e. The first kappa shape index (κ1) is 15.5. The fourth-order valence-corrected chi connectivity index (χ4v) is 2.74. The summed E-state index contributed by atoms with van der Waals surface area (Å²) in [7, 11) is 0. The van der Waals surface area contributed by atoms with E-state index in [1.54, 1.807) is 41.6 Å². The topological polar surface area (TPSA) is 62.3 Å². The molecule has 0 aliphatic carbocycles. The van der Waals surface area contributed by atoms with Gasteiger partial charge in [-0.1, -0.05) is 17.7 Å². The largest absolute Gasteiger partial charge is 0.351 e. The van der Waals surface area contributed by atoms with E-state index in [1.807, 2.05) is 12.1 Å². The predicted octanol–water partition coefficient (Wildman–Crippen LogP) is 2.40. The van der Waals surface area contributed by atoms with Gasteiger partial charge in [0.2, 0.25) is 11.8 Å². The highest BCUT2D eigenvalue weighted by Crippen LogP contribution is 2.26. The molecule has 5 nitrogen and oxygen atoms in total. The van der Waals surface area contributed by atoms with Gasteiger partial charge in [-0.3, -0.25) is 14.6 Å². The highest BCUT2D eigenvalue weighted by Gasteiger charge is 2.37. The molecular weight excluding hydrogens is 314 g/mol. The number of pyridine rings is 1. The zero-order valence-corrected chi connectivity index (χ0v) is 13.2. The number of hydrogen-bond donors (Lipinski definition) is 1. The third kappa shape index (κ3) is 3.51. The molecule has 1 atom stereocenters. The van der Waals surface area contributed by atoms with Crippen LogP contribution in [0.1, 0.15) is 12.0 Å².